The van der Waals surface area contributed by atoms with E-state index in [1.165, 1.54) is 5.56 Å². The van der Waals surface area contributed by atoms with Crippen LogP contribution >= 0.6 is 23.4 Å². The first-order valence-corrected chi connectivity index (χ1v) is 10.5. The van der Waals surface area contributed by atoms with Crippen LogP contribution in [0, 0.1) is 6.92 Å². The third kappa shape index (κ3) is 4.27. The van der Waals surface area contributed by atoms with E-state index in [2.05, 4.69) is 0 Å². The summed E-state index contributed by atoms with van der Waals surface area (Å²) in [6, 6.07) is 22.3. The Balaban J connectivity index is 1.58. The number of carbonyl (C=O) groups excluding carboxylic acids is 2. The van der Waals surface area contributed by atoms with E-state index in [1.807, 2.05) is 55.5 Å². The Hall–Kier alpha value is -3.02. The maximum absolute atomic E-state index is 12.9. The standard InChI is InChI=1S/C24H18ClNO3S/c1-16-10-12-17(13-11-16)15-29-21-9-5-2-6-18(21)14-22-23(27)26(24(28)30-22)20-8-4-3-7-19(20)25/h2-14H,15H2,1H3/b22-14-. The van der Waals surface area contributed by atoms with Gasteiger partial charge in [-0.15, -0.1) is 0 Å². The van der Waals surface area contributed by atoms with Crippen LogP contribution in [0.1, 0.15) is 16.7 Å². The fraction of sp³-hybridized carbons (Fsp3) is 0.0833. The molecule has 1 heterocycles. The molecule has 1 aliphatic rings. The van der Waals surface area contributed by atoms with Crippen LogP contribution in [0.3, 0.4) is 0 Å². The number of aryl methyl sites for hydroxylation is 1. The Morgan fingerprint density at radius 3 is 2.43 bits per heavy atom. The van der Waals surface area contributed by atoms with Gasteiger partial charge in [0.25, 0.3) is 11.1 Å². The van der Waals surface area contributed by atoms with Gasteiger partial charge in [0.05, 0.1) is 15.6 Å². The van der Waals surface area contributed by atoms with Crippen molar-refractivity contribution < 1.29 is 14.3 Å². The second-order valence-electron chi connectivity index (χ2n) is 6.78. The van der Waals surface area contributed by atoms with Gasteiger partial charge in [-0.25, -0.2) is 4.90 Å². The fourth-order valence-corrected chi connectivity index (χ4v) is 4.07. The van der Waals surface area contributed by atoms with Crippen LogP contribution in [0.4, 0.5) is 10.5 Å². The summed E-state index contributed by atoms with van der Waals surface area (Å²) in [4.78, 5) is 26.8. The van der Waals surface area contributed by atoms with Crippen molar-refractivity contribution in [3.8, 4) is 5.75 Å². The number of benzene rings is 3. The number of para-hydroxylation sites is 2. The molecule has 150 valence electrons. The molecule has 30 heavy (non-hydrogen) atoms. The Kier molecular flexibility index (Phi) is 5.93. The topological polar surface area (TPSA) is 46.6 Å². The number of imide groups is 1. The van der Waals surface area contributed by atoms with E-state index in [1.54, 1.807) is 30.3 Å². The van der Waals surface area contributed by atoms with Crippen molar-refractivity contribution in [3.05, 3.63) is 99.4 Å². The smallest absolute Gasteiger partial charge is 0.298 e. The molecular formula is C24H18ClNO3S. The minimum absolute atomic E-state index is 0.325. The first-order valence-electron chi connectivity index (χ1n) is 9.33. The largest absolute Gasteiger partial charge is 0.488 e. The van der Waals surface area contributed by atoms with Gasteiger partial charge in [-0.05, 0) is 48.5 Å². The van der Waals surface area contributed by atoms with Gasteiger partial charge in [0.1, 0.15) is 12.4 Å². The molecule has 0 bridgehead atoms. The molecule has 0 aromatic heterocycles. The fourth-order valence-electron chi connectivity index (χ4n) is 3.03. The van der Waals surface area contributed by atoms with Crippen molar-refractivity contribution in [1.82, 2.24) is 0 Å². The Labute approximate surface area is 184 Å². The van der Waals surface area contributed by atoms with E-state index < -0.39 is 5.91 Å². The Morgan fingerprint density at radius 2 is 1.67 bits per heavy atom. The summed E-state index contributed by atoms with van der Waals surface area (Å²) in [5.74, 6) is 0.244. The van der Waals surface area contributed by atoms with Crippen LogP contribution in [0.25, 0.3) is 6.08 Å². The number of hydrogen-bond acceptors (Lipinski definition) is 4. The van der Waals surface area contributed by atoms with Crippen molar-refractivity contribution in [2.24, 2.45) is 0 Å². The SMILES string of the molecule is Cc1ccc(COc2ccccc2/C=C2\SC(=O)N(c3ccccc3Cl)C2=O)cc1. The van der Waals surface area contributed by atoms with E-state index in [0.717, 1.165) is 27.8 Å². The molecule has 1 aliphatic heterocycles. The number of nitrogens with zero attached hydrogens (tertiary/aromatic N) is 1. The van der Waals surface area contributed by atoms with Gasteiger partial charge in [-0.2, -0.15) is 0 Å². The average molecular weight is 436 g/mol. The van der Waals surface area contributed by atoms with Gasteiger partial charge in [-0.3, -0.25) is 9.59 Å². The van der Waals surface area contributed by atoms with Crippen molar-refractivity contribution in [3.63, 3.8) is 0 Å². The molecule has 0 saturated carbocycles. The molecule has 0 spiro atoms. The lowest BCUT2D eigenvalue weighted by Gasteiger charge is -2.13. The third-order valence-corrected chi connectivity index (χ3v) is 5.80. The summed E-state index contributed by atoms with van der Waals surface area (Å²) in [5.41, 5.74) is 3.35. The van der Waals surface area contributed by atoms with Crippen LogP contribution in [-0.2, 0) is 11.4 Å². The number of thioether (sulfide) groups is 1. The molecule has 1 saturated heterocycles. The summed E-state index contributed by atoms with van der Waals surface area (Å²) < 4.78 is 5.98. The van der Waals surface area contributed by atoms with Crippen molar-refractivity contribution in [2.45, 2.75) is 13.5 Å². The van der Waals surface area contributed by atoms with Crippen LogP contribution in [0.2, 0.25) is 5.02 Å². The van der Waals surface area contributed by atoms with Crippen molar-refractivity contribution >= 4 is 46.3 Å². The highest BCUT2D eigenvalue weighted by Crippen LogP contribution is 2.39. The van der Waals surface area contributed by atoms with Crippen LogP contribution in [-0.4, -0.2) is 11.1 Å². The number of carbonyl (C=O) groups is 2. The Bertz CT molecular complexity index is 1140. The number of amides is 2. The molecule has 4 nitrogen and oxygen atoms in total. The summed E-state index contributed by atoms with van der Waals surface area (Å²) in [6.45, 7) is 2.45. The van der Waals surface area contributed by atoms with Crippen molar-refractivity contribution in [2.75, 3.05) is 4.90 Å². The van der Waals surface area contributed by atoms with Gasteiger partial charge in [-0.1, -0.05) is 71.8 Å². The normalized spacial score (nSPS) is 15.1. The lowest BCUT2D eigenvalue weighted by atomic mass is 10.1. The maximum Gasteiger partial charge on any atom is 0.298 e. The first-order chi connectivity index (χ1) is 14.5. The summed E-state index contributed by atoms with van der Waals surface area (Å²) >= 11 is 7.07. The predicted octanol–water partition coefficient (Wildman–Crippen LogP) is 6.47. The highest BCUT2D eigenvalue weighted by atomic mass is 35.5. The van der Waals surface area contributed by atoms with E-state index in [0.29, 0.717) is 28.0 Å². The number of halogens is 1. The number of ether oxygens (including phenoxy) is 1. The highest BCUT2D eigenvalue weighted by Gasteiger charge is 2.37. The number of hydrogen-bond donors (Lipinski definition) is 0. The van der Waals surface area contributed by atoms with Gasteiger partial charge in [0.15, 0.2) is 0 Å². The molecule has 0 aliphatic carbocycles. The lowest BCUT2D eigenvalue weighted by molar-refractivity contribution is -0.113. The molecule has 6 heteroatoms. The van der Waals surface area contributed by atoms with Crippen LogP contribution in [0.5, 0.6) is 5.75 Å². The predicted molar refractivity (Wildman–Crippen MR) is 122 cm³/mol. The highest BCUT2D eigenvalue weighted by molar-refractivity contribution is 8.19. The molecule has 2 amide bonds. The van der Waals surface area contributed by atoms with Gasteiger partial charge < -0.3 is 4.74 Å². The summed E-state index contributed by atoms with van der Waals surface area (Å²) in [5, 5.41) is -0.0275. The van der Waals surface area contributed by atoms with E-state index in [4.69, 9.17) is 16.3 Å². The van der Waals surface area contributed by atoms with Gasteiger partial charge in [0.2, 0.25) is 0 Å². The number of anilines is 1. The molecule has 4 rings (SSSR count). The second kappa shape index (κ2) is 8.78. The molecular weight excluding hydrogens is 418 g/mol. The molecule has 0 unspecified atom stereocenters. The van der Waals surface area contributed by atoms with E-state index in [-0.39, 0.29) is 5.24 Å². The molecule has 0 radical (unpaired) electrons. The maximum atomic E-state index is 12.9. The summed E-state index contributed by atoms with van der Waals surface area (Å²) in [7, 11) is 0. The lowest BCUT2D eigenvalue weighted by Crippen LogP contribution is -2.27. The van der Waals surface area contributed by atoms with Crippen LogP contribution < -0.4 is 9.64 Å². The molecule has 1 fully saturated rings. The zero-order valence-corrected chi connectivity index (χ0v) is 17.7. The second-order valence-corrected chi connectivity index (χ2v) is 8.18. The monoisotopic (exact) mass is 435 g/mol. The van der Waals surface area contributed by atoms with E-state index >= 15 is 0 Å². The first kappa shape index (κ1) is 20.3. The minimum Gasteiger partial charge on any atom is -0.488 e. The zero-order chi connectivity index (χ0) is 21.1. The van der Waals surface area contributed by atoms with E-state index in [9.17, 15) is 9.59 Å². The zero-order valence-electron chi connectivity index (χ0n) is 16.2. The Morgan fingerprint density at radius 1 is 0.967 bits per heavy atom. The average Bonchev–Trinajstić information content (AvgIpc) is 3.02. The third-order valence-electron chi connectivity index (χ3n) is 4.61. The molecule has 0 atom stereocenters. The number of rotatable bonds is 5. The minimum atomic E-state index is -0.397. The quantitative estimate of drug-likeness (QED) is 0.431. The molecule has 3 aromatic rings. The van der Waals surface area contributed by atoms with Crippen molar-refractivity contribution in [1.29, 1.82) is 0 Å². The van der Waals surface area contributed by atoms with Gasteiger partial charge >= 0.3 is 0 Å². The summed E-state index contributed by atoms with van der Waals surface area (Å²) in [6.07, 6.45) is 1.69. The molecule has 3 aromatic carbocycles. The van der Waals surface area contributed by atoms with Gasteiger partial charge in [0, 0.05) is 5.56 Å². The molecule has 0 N–H and O–H groups in total. The van der Waals surface area contributed by atoms with Crippen LogP contribution in [0.15, 0.2) is 77.7 Å².